The summed E-state index contributed by atoms with van der Waals surface area (Å²) in [5.74, 6) is 0.443. The Morgan fingerprint density at radius 2 is 1.30 bits per heavy atom. The van der Waals surface area contributed by atoms with Crippen molar-refractivity contribution in [3.8, 4) is 0 Å². The van der Waals surface area contributed by atoms with Crippen molar-refractivity contribution < 1.29 is 9.90 Å². The molecule has 0 radical (unpaired) electrons. The van der Waals surface area contributed by atoms with Gasteiger partial charge in [-0.1, -0.05) is 112 Å². The van der Waals surface area contributed by atoms with Gasteiger partial charge in [0.2, 0.25) is 0 Å². The smallest absolute Gasteiger partial charge is 0.162 e. The Bertz CT molecular complexity index is 1070. The Labute approximate surface area is 223 Å². The van der Waals surface area contributed by atoms with Crippen LogP contribution < -0.4 is 0 Å². The third-order valence-corrected chi connectivity index (χ3v) is 8.06. The summed E-state index contributed by atoms with van der Waals surface area (Å²) in [7, 11) is 0. The van der Waals surface area contributed by atoms with Gasteiger partial charge >= 0.3 is 0 Å². The molecule has 1 aliphatic heterocycles. The second kappa shape index (κ2) is 12.2. The van der Waals surface area contributed by atoms with E-state index in [1.54, 1.807) is 0 Å². The number of piperidine rings is 1. The van der Waals surface area contributed by atoms with E-state index >= 15 is 0 Å². The Morgan fingerprint density at radius 1 is 0.757 bits per heavy atom. The first-order valence-electron chi connectivity index (χ1n) is 14.0. The minimum atomic E-state index is -0.958. The molecule has 1 aliphatic rings. The molecule has 3 aromatic carbocycles. The van der Waals surface area contributed by atoms with Gasteiger partial charge in [-0.05, 0) is 73.3 Å². The SMILES string of the molecule is CC(C)(C)c1ccc(C(=O)CCCCCN2CCC(C(O)(c3ccccc3)c3ccccc3)CC2)cc1. The van der Waals surface area contributed by atoms with Gasteiger partial charge in [0.05, 0.1) is 0 Å². The number of carbonyl (C=O) groups excluding carboxylic acids is 1. The number of rotatable bonds is 10. The summed E-state index contributed by atoms with van der Waals surface area (Å²) in [5.41, 5.74) is 3.21. The average Bonchev–Trinajstić information content (AvgIpc) is 2.93. The predicted octanol–water partition coefficient (Wildman–Crippen LogP) is 7.38. The Hall–Kier alpha value is -2.75. The highest BCUT2D eigenvalue weighted by Crippen LogP contribution is 2.41. The first kappa shape index (κ1) is 27.3. The number of Topliss-reactive ketones (excluding diaryl/α,β-unsaturated/α-hetero) is 1. The van der Waals surface area contributed by atoms with E-state index in [9.17, 15) is 9.90 Å². The van der Waals surface area contributed by atoms with Crippen molar-refractivity contribution in [2.24, 2.45) is 5.92 Å². The molecule has 0 saturated carbocycles. The minimum Gasteiger partial charge on any atom is -0.380 e. The quantitative estimate of drug-likeness (QED) is 0.235. The number of benzene rings is 3. The van der Waals surface area contributed by atoms with Gasteiger partial charge in [0, 0.05) is 12.0 Å². The largest absolute Gasteiger partial charge is 0.380 e. The maximum absolute atomic E-state index is 12.6. The van der Waals surface area contributed by atoms with Crippen LogP contribution in [0.15, 0.2) is 84.9 Å². The fraction of sp³-hybridized carbons (Fsp3) is 0.441. The summed E-state index contributed by atoms with van der Waals surface area (Å²) in [4.78, 5) is 15.1. The van der Waals surface area contributed by atoms with Gasteiger partial charge in [0.25, 0.3) is 0 Å². The molecule has 1 saturated heterocycles. The molecule has 4 rings (SSSR count). The molecule has 1 N–H and O–H groups in total. The highest BCUT2D eigenvalue weighted by molar-refractivity contribution is 5.96. The molecule has 0 atom stereocenters. The third kappa shape index (κ3) is 6.77. The fourth-order valence-corrected chi connectivity index (χ4v) is 5.70. The average molecular weight is 498 g/mol. The van der Waals surface area contributed by atoms with E-state index in [0.717, 1.165) is 68.4 Å². The molecule has 0 unspecified atom stereocenters. The van der Waals surface area contributed by atoms with Crippen LogP contribution in [-0.4, -0.2) is 35.4 Å². The second-order valence-electron chi connectivity index (χ2n) is 11.7. The number of ketones is 1. The zero-order chi connectivity index (χ0) is 26.3. The van der Waals surface area contributed by atoms with Crippen molar-refractivity contribution in [2.75, 3.05) is 19.6 Å². The molecule has 0 bridgehead atoms. The van der Waals surface area contributed by atoms with E-state index in [-0.39, 0.29) is 17.1 Å². The van der Waals surface area contributed by atoms with Gasteiger partial charge in [0.15, 0.2) is 5.78 Å². The van der Waals surface area contributed by atoms with Crippen molar-refractivity contribution >= 4 is 5.78 Å². The highest BCUT2D eigenvalue weighted by Gasteiger charge is 2.41. The summed E-state index contributed by atoms with van der Waals surface area (Å²) in [6, 6.07) is 28.5. The van der Waals surface area contributed by atoms with E-state index in [0.29, 0.717) is 6.42 Å². The van der Waals surface area contributed by atoms with Gasteiger partial charge in [0.1, 0.15) is 5.60 Å². The fourth-order valence-electron chi connectivity index (χ4n) is 5.70. The van der Waals surface area contributed by atoms with Crippen LogP contribution in [0.5, 0.6) is 0 Å². The van der Waals surface area contributed by atoms with Gasteiger partial charge in [-0.2, -0.15) is 0 Å². The van der Waals surface area contributed by atoms with Gasteiger partial charge in [-0.15, -0.1) is 0 Å². The number of hydrogen-bond donors (Lipinski definition) is 1. The molecule has 0 aliphatic carbocycles. The molecule has 3 nitrogen and oxygen atoms in total. The van der Waals surface area contributed by atoms with Crippen LogP contribution >= 0.6 is 0 Å². The molecule has 1 heterocycles. The van der Waals surface area contributed by atoms with E-state index in [1.165, 1.54) is 5.56 Å². The van der Waals surface area contributed by atoms with Crippen molar-refractivity contribution in [3.05, 3.63) is 107 Å². The van der Waals surface area contributed by atoms with Crippen LogP contribution in [0, 0.1) is 5.92 Å². The van der Waals surface area contributed by atoms with Crippen molar-refractivity contribution in [2.45, 2.75) is 70.3 Å². The summed E-state index contributed by atoms with van der Waals surface area (Å²) in [5, 5.41) is 12.1. The first-order chi connectivity index (χ1) is 17.8. The van der Waals surface area contributed by atoms with Crippen molar-refractivity contribution in [3.63, 3.8) is 0 Å². The van der Waals surface area contributed by atoms with Gasteiger partial charge in [-0.25, -0.2) is 0 Å². The van der Waals surface area contributed by atoms with Crippen molar-refractivity contribution in [1.29, 1.82) is 0 Å². The molecule has 3 aromatic rings. The number of unbranched alkanes of at least 4 members (excludes halogenated alkanes) is 2. The van der Waals surface area contributed by atoms with E-state index in [1.807, 2.05) is 48.5 Å². The summed E-state index contributed by atoms with van der Waals surface area (Å²) in [6.07, 6.45) is 5.70. The normalized spacial score (nSPS) is 15.6. The van der Waals surface area contributed by atoms with Crippen LogP contribution in [0.2, 0.25) is 0 Å². The summed E-state index contributed by atoms with van der Waals surface area (Å²) in [6.45, 7) is 9.66. The summed E-state index contributed by atoms with van der Waals surface area (Å²) < 4.78 is 0. The summed E-state index contributed by atoms with van der Waals surface area (Å²) >= 11 is 0. The minimum absolute atomic E-state index is 0.109. The molecule has 196 valence electrons. The molecule has 0 amide bonds. The monoisotopic (exact) mass is 497 g/mol. The Kier molecular flexibility index (Phi) is 9.00. The van der Waals surface area contributed by atoms with Gasteiger partial charge in [-0.3, -0.25) is 4.79 Å². The molecule has 3 heteroatoms. The molecular weight excluding hydrogens is 454 g/mol. The maximum Gasteiger partial charge on any atom is 0.162 e. The van der Waals surface area contributed by atoms with Crippen LogP contribution in [0.3, 0.4) is 0 Å². The molecule has 37 heavy (non-hydrogen) atoms. The third-order valence-electron chi connectivity index (χ3n) is 8.06. The lowest BCUT2D eigenvalue weighted by Gasteiger charge is -2.42. The van der Waals surface area contributed by atoms with Crippen LogP contribution in [-0.2, 0) is 11.0 Å². The lowest BCUT2D eigenvalue weighted by molar-refractivity contribution is -0.0143. The molecule has 0 spiro atoms. The number of nitrogens with zero attached hydrogens (tertiary/aromatic N) is 1. The topological polar surface area (TPSA) is 40.5 Å². The van der Waals surface area contributed by atoms with Crippen LogP contribution in [0.4, 0.5) is 0 Å². The first-order valence-corrected chi connectivity index (χ1v) is 14.0. The van der Waals surface area contributed by atoms with Crippen molar-refractivity contribution in [1.82, 2.24) is 4.90 Å². The second-order valence-corrected chi connectivity index (χ2v) is 11.7. The standard InChI is InChI=1S/C34H43NO2/c1-33(2,3)28-20-18-27(19-21-28)32(36)17-11-6-12-24-35-25-22-31(23-26-35)34(37,29-13-7-4-8-14-29)30-15-9-5-10-16-30/h4-5,7-10,13-16,18-21,31,37H,6,11-12,17,22-26H2,1-3H3. The van der Waals surface area contributed by atoms with Crippen LogP contribution in [0.1, 0.15) is 86.3 Å². The lowest BCUT2D eigenvalue weighted by atomic mass is 9.72. The Morgan fingerprint density at radius 3 is 1.81 bits per heavy atom. The van der Waals surface area contributed by atoms with E-state index < -0.39 is 5.60 Å². The zero-order valence-corrected chi connectivity index (χ0v) is 22.8. The lowest BCUT2D eigenvalue weighted by Crippen LogP contribution is -2.44. The highest BCUT2D eigenvalue weighted by atomic mass is 16.3. The zero-order valence-electron chi connectivity index (χ0n) is 22.8. The molecule has 1 fully saturated rings. The van der Waals surface area contributed by atoms with Gasteiger partial charge < -0.3 is 10.0 Å². The molecular formula is C34H43NO2. The number of likely N-dealkylation sites (tertiary alicyclic amines) is 1. The number of hydrogen-bond acceptors (Lipinski definition) is 3. The Balaban J connectivity index is 1.23. The number of carbonyl (C=O) groups is 1. The molecule has 0 aromatic heterocycles. The predicted molar refractivity (Wildman–Crippen MR) is 153 cm³/mol. The van der Waals surface area contributed by atoms with Crippen LogP contribution in [0.25, 0.3) is 0 Å². The van der Waals surface area contributed by atoms with E-state index in [2.05, 4.69) is 62.1 Å². The number of aliphatic hydroxyl groups is 1. The maximum atomic E-state index is 12.6. The van der Waals surface area contributed by atoms with E-state index in [4.69, 9.17) is 0 Å².